The van der Waals surface area contributed by atoms with Crippen molar-refractivity contribution in [1.82, 2.24) is 15.0 Å². The maximum Gasteiger partial charge on any atom is 0.117 e. The number of hydrogen-bond donors (Lipinski definition) is 1. The number of benzene rings is 2. The number of nitrogens with zero attached hydrogens (tertiary/aromatic N) is 3. The van der Waals surface area contributed by atoms with Gasteiger partial charge in [0.15, 0.2) is 0 Å². The fraction of sp³-hybridized carbons (Fsp3) is 0.125. The summed E-state index contributed by atoms with van der Waals surface area (Å²) in [5.74, 6) is 0. The summed E-state index contributed by atoms with van der Waals surface area (Å²) in [5, 5.41) is 17.8. The van der Waals surface area contributed by atoms with Gasteiger partial charge in [0.25, 0.3) is 0 Å². The minimum absolute atomic E-state index is 0.128. The molecule has 100 valence electrons. The van der Waals surface area contributed by atoms with E-state index in [9.17, 15) is 5.11 Å². The lowest BCUT2D eigenvalue weighted by atomic mass is 10.0. The molecule has 2 aromatic carbocycles. The SMILES string of the molecule is Cc1ccccc1-c1c(CO)nnn1-c1ccccc1. The molecule has 0 unspecified atom stereocenters. The second-order valence-electron chi connectivity index (χ2n) is 4.61. The first kappa shape index (κ1) is 12.6. The lowest BCUT2D eigenvalue weighted by Gasteiger charge is -2.10. The molecule has 0 saturated heterocycles. The van der Waals surface area contributed by atoms with Crippen molar-refractivity contribution in [3.05, 3.63) is 65.9 Å². The number of aliphatic hydroxyl groups excluding tert-OH is 1. The molecule has 4 nitrogen and oxygen atoms in total. The van der Waals surface area contributed by atoms with Gasteiger partial charge in [-0.3, -0.25) is 0 Å². The maximum atomic E-state index is 9.52. The summed E-state index contributed by atoms with van der Waals surface area (Å²) in [6, 6.07) is 17.8. The molecule has 0 bridgehead atoms. The molecule has 3 aromatic rings. The molecule has 0 aliphatic carbocycles. The molecular weight excluding hydrogens is 250 g/mol. The molecule has 0 fully saturated rings. The van der Waals surface area contributed by atoms with Crippen molar-refractivity contribution in [2.75, 3.05) is 0 Å². The summed E-state index contributed by atoms with van der Waals surface area (Å²) in [5.41, 5.74) is 4.52. The van der Waals surface area contributed by atoms with Crippen LogP contribution in [-0.2, 0) is 6.61 Å². The van der Waals surface area contributed by atoms with Crippen LogP contribution in [0.25, 0.3) is 16.9 Å². The highest BCUT2D eigenvalue weighted by atomic mass is 16.3. The Bertz CT molecular complexity index is 720. The quantitative estimate of drug-likeness (QED) is 0.792. The molecule has 0 spiro atoms. The zero-order valence-electron chi connectivity index (χ0n) is 11.2. The highest BCUT2D eigenvalue weighted by Gasteiger charge is 2.16. The van der Waals surface area contributed by atoms with Crippen LogP contribution in [0, 0.1) is 6.92 Å². The predicted octanol–water partition coefficient (Wildman–Crippen LogP) is 2.74. The van der Waals surface area contributed by atoms with Gasteiger partial charge in [-0.15, -0.1) is 5.10 Å². The number of aliphatic hydroxyl groups is 1. The molecule has 0 atom stereocenters. The first-order chi connectivity index (χ1) is 9.81. The van der Waals surface area contributed by atoms with Crippen LogP contribution in [0.1, 0.15) is 11.3 Å². The van der Waals surface area contributed by atoms with Gasteiger partial charge >= 0.3 is 0 Å². The molecule has 1 N–H and O–H groups in total. The Balaban J connectivity index is 2.24. The van der Waals surface area contributed by atoms with Crippen molar-refractivity contribution < 1.29 is 5.11 Å². The van der Waals surface area contributed by atoms with Gasteiger partial charge in [0.1, 0.15) is 11.4 Å². The van der Waals surface area contributed by atoms with E-state index < -0.39 is 0 Å². The largest absolute Gasteiger partial charge is 0.390 e. The van der Waals surface area contributed by atoms with E-state index in [4.69, 9.17) is 0 Å². The minimum Gasteiger partial charge on any atom is -0.390 e. The normalized spacial score (nSPS) is 10.7. The fourth-order valence-electron chi connectivity index (χ4n) is 2.28. The van der Waals surface area contributed by atoms with Gasteiger partial charge in [0.2, 0.25) is 0 Å². The first-order valence-electron chi connectivity index (χ1n) is 6.48. The Kier molecular flexibility index (Phi) is 3.31. The molecule has 20 heavy (non-hydrogen) atoms. The van der Waals surface area contributed by atoms with E-state index in [0.717, 1.165) is 22.5 Å². The molecule has 3 rings (SSSR count). The summed E-state index contributed by atoms with van der Waals surface area (Å²) in [6.07, 6.45) is 0. The third-order valence-electron chi connectivity index (χ3n) is 3.29. The standard InChI is InChI=1S/C16H15N3O/c1-12-7-5-6-10-14(12)16-15(11-20)17-18-19(16)13-8-3-2-4-9-13/h2-10,20H,11H2,1H3. The maximum absolute atomic E-state index is 9.52. The summed E-state index contributed by atoms with van der Waals surface area (Å²) in [6.45, 7) is 1.91. The van der Waals surface area contributed by atoms with Crippen molar-refractivity contribution in [1.29, 1.82) is 0 Å². The Hall–Kier alpha value is -2.46. The smallest absolute Gasteiger partial charge is 0.117 e. The third kappa shape index (κ3) is 2.10. The number of hydrogen-bond acceptors (Lipinski definition) is 3. The number of aryl methyl sites for hydroxylation is 1. The predicted molar refractivity (Wildman–Crippen MR) is 77.5 cm³/mol. The third-order valence-corrected chi connectivity index (χ3v) is 3.29. The van der Waals surface area contributed by atoms with E-state index in [1.165, 1.54) is 0 Å². The minimum atomic E-state index is -0.128. The lowest BCUT2D eigenvalue weighted by Crippen LogP contribution is -2.01. The number of aromatic nitrogens is 3. The van der Waals surface area contributed by atoms with E-state index in [2.05, 4.69) is 10.3 Å². The monoisotopic (exact) mass is 265 g/mol. The molecule has 0 aliphatic heterocycles. The van der Waals surface area contributed by atoms with Crippen LogP contribution in [0.5, 0.6) is 0 Å². The van der Waals surface area contributed by atoms with E-state index >= 15 is 0 Å². The number of para-hydroxylation sites is 1. The molecule has 1 aromatic heterocycles. The van der Waals surface area contributed by atoms with Gasteiger partial charge < -0.3 is 5.11 Å². The van der Waals surface area contributed by atoms with Crippen molar-refractivity contribution in [2.24, 2.45) is 0 Å². The van der Waals surface area contributed by atoms with Crippen LogP contribution in [0.4, 0.5) is 0 Å². The Labute approximate surface area is 117 Å². The molecule has 0 saturated carbocycles. The van der Waals surface area contributed by atoms with Crippen LogP contribution in [0.2, 0.25) is 0 Å². The van der Waals surface area contributed by atoms with Crippen LogP contribution >= 0.6 is 0 Å². The lowest BCUT2D eigenvalue weighted by molar-refractivity contribution is 0.277. The van der Waals surface area contributed by atoms with Gasteiger partial charge in [-0.25, -0.2) is 4.68 Å². The average Bonchev–Trinajstić information content (AvgIpc) is 2.92. The fourth-order valence-corrected chi connectivity index (χ4v) is 2.28. The Morgan fingerprint density at radius 1 is 1.00 bits per heavy atom. The van der Waals surface area contributed by atoms with E-state index in [-0.39, 0.29) is 6.61 Å². The Morgan fingerprint density at radius 2 is 1.70 bits per heavy atom. The summed E-state index contributed by atoms with van der Waals surface area (Å²) < 4.78 is 1.77. The molecular formula is C16H15N3O. The van der Waals surface area contributed by atoms with Crippen molar-refractivity contribution in [3.63, 3.8) is 0 Å². The van der Waals surface area contributed by atoms with Gasteiger partial charge in [-0.1, -0.05) is 47.7 Å². The average molecular weight is 265 g/mol. The van der Waals surface area contributed by atoms with Crippen LogP contribution < -0.4 is 0 Å². The van der Waals surface area contributed by atoms with Crippen molar-refractivity contribution in [3.8, 4) is 16.9 Å². The summed E-state index contributed by atoms with van der Waals surface area (Å²) >= 11 is 0. The highest BCUT2D eigenvalue weighted by Crippen LogP contribution is 2.27. The zero-order chi connectivity index (χ0) is 13.9. The van der Waals surface area contributed by atoms with Crippen molar-refractivity contribution in [2.45, 2.75) is 13.5 Å². The van der Waals surface area contributed by atoms with E-state index in [0.29, 0.717) is 5.69 Å². The first-order valence-corrected chi connectivity index (χ1v) is 6.48. The van der Waals surface area contributed by atoms with Crippen LogP contribution in [-0.4, -0.2) is 20.1 Å². The second-order valence-corrected chi connectivity index (χ2v) is 4.61. The molecule has 0 amide bonds. The van der Waals surface area contributed by atoms with Crippen molar-refractivity contribution >= 4 is 0 Å². The molecule has 0 radical (unpaired) electrons. The van der Waals surface area contributed by atoms with Gasteiger partial charge in [-0.05, 0) is 24.6 Å². The summed E-state index contributed by atoms with van der Waals surface area (Å²) in [7, 11) is 0. The summed E-state index contributed by atoms with van der Waals surface area (Å²) in [4.78, 5) is 0. The number of rotatable bonds is 3. The van der Waals surface area contributed by atoms with Gasteiger partial charge in [0.05, 0.1) is 12.3 Å². The van der Waals surface area contributed by atoms with E-state index in [1.54, 1.807) is 4.68 Å². The molecule has 1 heterocycles. The highest BCUT2D eigenvalue weighted by molar-refractivity contribution is 5.67. The van der Waals surface area contributed by atoms with Gasteiger partial charge in [-0.2, -0.15) is 0 Å². The van der Waals surface area contributed by atoms with E-state index in [1.807, 2.05) is 61.5 Å². The van der Waals surface area contributed by atoms with Gasteiger partial charge in [0, 0.05) is 5.56 Å². The van der Waals surface area contributed by atoms with Crippen LogP contribution in [0.15, 0.2) is 54.6 Å². The zero-order valence-corrected chi connectivity index (χ0v) is 11.2. The molecule has 0 aliphatic rings. The Morgan fingerprint density at radius 3 is 2.40 bits per heavy atom. The second kappa shape index (κ2) is 5.27. The molecule has 4 heteroatoms. The topological polar surface area (TPSA) is 50.9 Å². The van der Waals surface area contributed by atoms with Crippen LogP contribution in [0.3, 0.4) is 0 Å².